The quantitative estimate of drug-likeness (QED) is 0.678. The fourth-order valence-electron chi connectivity index (χ4n) is 4.28. The van der Waals surface area contributed by atoms with Gasteiger partial charge in [-0.2, -0.15) is 0 Å². The fraction of sp³-hybridized carbons (Fsp3) is 0.391. The number of nitrogens with one attached hydrogen (secondary N) is 2. The van der Waals surface area contributed by atoms with Crippen LogP contribution in [0.1, 0.15) is 36.8 Å². The van der Waals surface area contributed by atoms with Crippen molar-refractivity contribution in [1.82, 2.24) is 10.3 Å². The van der Waals surface area contributed by atoms with Crippen LogP contribution >= 0.6 is 0 Å². The lowest BCUT2D eigenvalue weighted by Gasteiger charge is -2.23. The Morgan fingerprint density at radius 2 is 1.74 bits per heavy atom. The van der Waals surface area contributed by atoms with E-state index in [1.807, 2.05) is 6.07 Å². The number of methoxy groups -OCH3 is 2. The van der Waals surface area contributed by atoms with Crippen molar-refractivity contribution in [3.05, 3.63) is 47.5 Å². The number of ether oxygens (including phenoxy) is 2. The second-order valence-electron chi connectivity index (χ2n) is 7.23. The van der Waals surface area contributed by atoms with Gasteiger partial charge in [-0.3, -0.25) is 0 Å². The maximum atomic E-state index is 5.50. The van der Waals surface area contributed by atoms with Gasteiger partial charge >= 0.3 is 0 Å². The van der Waals surface area contributed by atoms with E-state index >= 15 is 0 Å². The molecule has 27 heavy (non-hydrogen) atoms. The van der Waals surface area contributed by atoms with Crippen LogP contribution in [0.2, 0.25) is 0 Å². The van der Waals surface area contributed by atoms with Gasteiger partial charge in [0.25, 0.3) is 0 Å². The SMILES string of the molecule is CCc1c(-c2ccc(OC)c(OC)c2)[nH]c2ccc(C3CCNCC3)cc12. The van der Waals surface area contributed by atoms with Gasteiger partial charge in [0.1, 0.15) is 0 Å². The van der Waals surface area contributed by atoms with E-state index in [0.29, 0.717) is 5.92 Å². The molecule has 0 bridgehead atoms. The number of hydrogen-bond acceptors (Lipinski definition) is 3. The summed E-state index contributed by atoms with van der Waals surface area (Å²) in [5, 5.41) is 4.81. The van der Waals surface area contributed by atoms with Gasteiger partial charge in [0.2, 0.25) is 0 Å². The molecule has 0 saturated carbocycles. The molecule has 4 heteroatoms. The normalized spacial score (nSPS) is 15.2. The minimum Gasteiger partial charge on any atom is -0.493 e. The molecule has 2 heterocycles. The van der Waals surface area contributed by atoms with Crippen LogP contribution in [-0.2, 0) is 6.42 Å². The Bertz CT molecular complexity index is 939. The molecule has 2 N–H and O–H groups in total. The topological polar surface area (TPSA) is 46.3 Å². The molecule has 0 aliphatic carbocycles. The van der Waals surface area contributed by atoms with Crippen molar-refractivity contribution in [3.8, 4) is 22.8 Å². The third kappa shape index (κ3) is 3.30. The van der Waals surface area contributed by atoms with Crippen LogP contribution in [0.3, 0.4) is 0 Å². The van der Waals surface area contributed by atoms with E-state index in [2.05, 4.69) is 47.6 Å². The van der Waals surface area contributed by atoms with Crippen molar-refractivity contribution in [3.63, 3.8) is 0 Å². The molecule has 3 aromatic rings. The molecule has 0 amide bonds. The standard InChI is InChI=1S/C23H28N2O2/c1-4-18-19-13-16(15-9-11-24-12-10-15)5-7-20(19)25-23(18)17-6-8-21(26-2)22(14-17)27-3/h5-8,13-15,24-25H,4,9-12H2,1-3H3. The number of aryl methyl sites for hydroxylation is 1. The van der Waals surface area contributed by atoms with Gasteiger partial charge in [-0.15, -0.1) is 0 Å². The first-order valence-electron chi connectivity index (χ1n) is 9.82. The van der Waals surface area contributed by atoms with Crippen LogP contribution in [-0.4, -0.2) is 32.3 Å². The summed E-state index contributed by atoms with van der Waals surface area (Å²) in [7, 11) is 3.35. The zero-order valence-electron chi connectivity index (χ0n) is 16.4. The Morgan fingerprint density at radius 1 is 0.963 bits per heavy atom. The number of aromatic nitrogens is 1. The Labute approximate surface area is 160 Å². The van der Waals surface area contributed by atoms with Crippen molar-refractivity contribution in [2.24, 2.45) is 0 Å². The maximum Gasteiger partial charge on any atom is 0.161 e. The van der Waals surface area contributed by atoms with Crippen LogP contribution in [0.25, 0.3) is 22.2 Å². The third-order valence-corrected chi connectivity index (χ3v) is 5.77. The third-order valence-electron chi connectivity index (χ3n) is 5.77. The summed E-state index contributed by atoms with van der Waals surface area (Å²) in [6, 6.07) is 13.1. The Balaban J connectivity index is 1.79. The summed E-state index contributed by atoms with van der Waals surface area (Å²) in [5.41, 5.74) is 6.35. The summed E-state index contributed by atoms with van der Waals surface area (Å²) in [6.45, 7) is 4.46. The van der Waals surface area contributed by atoms with E-state index in [4.69, 9.17) is 9.47 Å². The molecule has 0 spiro atoms. The molecular weight excluding hydrogens is 336 g/mol. The molecule has 2 aromatic carbocycles. The predicted molar refractivity (Wildman–Crippen MR) is 111 cm³/mol. The second-order valence-corrected chi connectivity index (χ2v) is 7.23. The summed E-state index contributed by atoms with van der Waals surface area (Å²) in [6.07, 6.45) is 3.43. The Hall–Kier alpha value is -2.46. The average molecular weight is 364 g/mol. The Kier molecular flexibility index (Phi) is 5.08. The van der Waals surface area contributed by atoms with Crippen LogP contribution in [0, 0.1) is 0 Å². The lowest BCUT2D eigenvalue weighted by Crippen LogP contribution is -2.26. The van der Waals surface area contributed by atoms with Gasteiger partial charge in [-0.05, 0) is 79.7 Å². The molecule has 0 atom stereocenters. The van der Waals surface area contributed by atoms with E-state index in [1.54, 1.807) is 14.2 Å². The maximum absolute atomic E-state index is 5.50. The van der Waals surface area contributed by atoms with Crippen molar-refractivity contribution < 1.29 is 9.47 Å². The monoisotopic (exact) mass is 364 g/mol. The van der Waals surface area contributed by atoms with Gasteiger partial charge in [0, 0.05) is 22.2 Å². The molecule has 142 valence electrons. The summed E-state index contributed by atoms with van der Waals surface area (Å²) in [4.78, 5) is 3.64. The summed E-state index contributed by atoms with van der Waals surface area (Å²) >= 11 is 0. The van der Waals surface area contributed by atoms with Crippen LogP contribution in [0.4, 0.5) is 0 Å². The minimum atomic E-state index is 0.666. The van der Waals surface area contributed by atoms with Crippen molar-refractivity contribution in [1.29, 1.82) is 0 Å². The van der Waals surface area contributed by atoms with E-state index < -0.39 is 0 Å². The van der Waals surface area contributed by atoms with Crippen LogP contribution in [0.15, 0.2) is 36.4 Å². The number of H-pyrrole nitrogens is 1. The van der Waals surface area contributed by atoms with Gasteiger partial charge < -0.3 is 19.8 Å². The van der Waals surface area contributed by atoms with Crippen molar-refractivity contribution in [2.45, 2.75) is 32.1 Å². The zero-order chi connectivity index (χ0) is 18.8. The molecule has 1 fully saturated rings. The molecular formula is C23H28N2O2. The van der Waals surface area contributed by atoms with E-state index in [1.165, 1.54) is 40.6 Å². The van der Waals surface area contributed by atoms with Crippen LogP contribution < -0.4 is 14.8 Å². The smallest absolute Gasteiger partial charge is 0.161 e. The second kappa shape index (κ2) is 7.65. The highest BCUT2D eigenvalue weighted by Gasteiger charge is 2.18. The minimum absolute atomic E-state index is 0.666. The summed E-state index contributed by atoms with van der Waals surface area (Å²) < 4.78 is 10.9. The molecule has 4 rings (SSSR count). The van der Waals surface area contributed by atoms with Crippen molar-refractivity contribution in [2.75, 3.05) is 27.3 Å². The van der Waals surface area contributed by atoms with E-state index in [9.17, 15) is 0 Å². The van der Waals surface area contributed by atoms with Gasteiger partial charge in [0.05, 0.1) is 14.2 Å². The highest BCUT2D eigenvalue weighted by molar-refractivity contribution is 5.91. The van der Waals surface area contributed by atoms with Gasteiger partial charge in [-0.25, -0.2) is 0 Å². The van der Waals surface area contributed by atoms with E-state index in [-0.39, 0.29) is 0 Å². The first-order valence-corrected chi connectivity index (χ1v) is 9.82. The molecule has 4 nitrogen and oxygen atoms in total. The van der Waals surface area contributed by atoms with E-state index in [0.717, 1.165) is 36.6 Å². The lowest BCUT2D eigenvalue weighted by atomic mass is 9.89. The van der Waals surface area contributed by atoms with Crippen LogP contribution in [0.5, 0.6) is 11.5 Å². The molecule has 1 aliphatic heterocycles. The number of piperidine rings is 1. The predicted octanol–water partition coefficient (Wildman–Crippen LogP) is 4.88. The summed E-state index contributed by atoms with van der Waals surface area (Å²) in [5.74, 6) is 2.18. The van der Waals surface area contributed by atoms with Gasteiger partial charge in [-0.1, -0.05) is 13.0 Å². The number of hydrogen-bond donors (Lipinski definition) is 2. The highest BCUT2D eigenvalue weighted by atomic mass is 16.5. The number of benzene rings is 2. The molecule has 1 aliphatic rings. The number of aromatic amines is 1. The molecule has 0 radical (unpaired) electrons. The number of fused-ring (bicyclic) bond motifs is 1. The highest BCUT2D eigenvalue weighted by Crippen LogP contribution is 2.37. The zero-order valence-corrected chi connectivity index (χ0v) is 16.4. The average Bonchev–Trinajstić information content (AvgIpc) is 3.11. The molecule has 0 unspecified atom stereocenters. The Morgan fingerprint density at radius 3 is 2.44 bits per heavy atom. The lowest BCUT2D eigenvalue weighted by molar-refractivity contribution is 0.355. The molecule has 1 saturated heterocycles. The van der Waals surface area contributed by atoms with Gasteiger partial charge in [0.15, 0.2) is 11.5 Å². The largest absolute Gasteiger partial charge is 0.493 e. The first kappa shape index (κ1) is 17.9. The fourth-order valence-corrected chi connectivity index (χ4v) is 4.28. The van der Waals surface area contributed by atoms with Crippen molar-refractivity contribution >= 4 is 10.9 Å². The first-order chi connectivity index (χ1) is 13.2. The molecule has 1 aromatic heterocycles. The number of rotatable bonds is 5.